The van der Waals surface area contributed by atoms with Gasteiger partial charge in [-0.2, -0.15) is 0 Å². The average molecular weight is 291 g/mol. The van der Waals surface area contributed by atoms with E-state index < -0.39 is 5.60 Å². The van der Waals surface area contributed by atoms with Gasteiger partial charge in [-0.15, -0.1) is 0 Å². The highest BCUT2D eigenvalue weighted by atomic mass is 16.5. The van der Waals surface area contributed by atoms with E-state index in [0.717, 1.165) is 30.7 Å². The number of hydrogen-bond acceptors (Lipinski definition) is 3. The highest BCUT2D eigenvalue weighted by Crippen LogP contribution is 2.42. The molecule has 0 aromatic heterocycles. The Balaban J connectivity index is 2.01. The molecule has 0 saturated heterocycles. The van der Waals surface area contributed by atoms with Crippen LogP contribution in [-0.2, 0) is 9.53 Å². The van der Waals surface area contributed by atoms with Crippen molar-refractivity contribution < 1.29 is 14.3 Å². The summed E-state index contributed by atoms with van der Waals surface area (Å²) in [7, 11) is 0. The fraction of sp³-hybridized carbons (Fsp3) is 0.588. The van der Waals surface area contributed by atoms with E-state index in [0.29, 0.717) is 19.1 Å². The van der Waals surface area contributed by atoms with Gasteiger partial charge in [0.15, 0.2) is 0 Å². The summed E-state index contributed by atoms with van der Waals surface area (Å²) in [4.78, 5) is 12.6. The van der Waals surface area contributed by atoms with Crippen LogP contribution in [0.4, 0.5) is 5.69 Å². The molecule has 1 atom stereocenters. The Hall–Kier alpha value is -1.55. The molecular weight excluding hydrogens is 266 g/mol. The van der Waals surface area contributed by atoms with Crippen LogP contribution in [0.25, 0.3) is 0 Å². The van der Waals surface area contributed by atoms with E-state index in [1.807, 2.05) is 38.1 Å². The number of ether oxygens (including phenoxy) is 2. The molecule has 1 aliphatic rings. The monoisotopic (exact) mass is 291 g/mol. The molecule has 1 aromatic rings. The Kier molecular flexibility index (Phi) is 5.23. The summed E-state index contributed by atoms with van der Waals surface area (Å²) in [6.07, 6.45) is 3.05. The maximum Gasteiger partial charge on any atom is 0.256 e. The molecule has 4 heteroatoms. The molecule has 4 nitrogen and oxygen atoms in total. The Labute approximate surface area is 126 Å². The molecule has 0 radical (unpaired) electrons. The Morgan fingerprint density at radius 2 is 1.95 bits per heavy atom. The molecule has 0 unspecified atom stereocenters. The van der Waals surface area contributed by atoms with Crippen LogP contribution in [-0.4, -0.2) is 24.7 Å². The van der Waals surface area contributed by atoms with Crippen LogP contribution in [0.3, 0.4) is 0 Å². The maximum absolute atomic E-state index is 12.6. The van der Waals surface area contributed by atoms with Gasteiger partial charge >= 0.3 is 0 Å². The standard InChI is InChI=1S/C17H25NO3/c1-4-12-21-17(3,13-6-7-13)16(19)18-14-8-10-15(11-9-14)20-5-2/h8-11,13H,4-7,12H2,1-3H3,(H,18,19)/t17-/m0/s1. The van der Waals surface area contributed by atoms with Gasteiger partial charge in [-0.05, 0) is 63.3 Å². The molecule has 1 amide bonds. The number of hydrogen-bond donors (Lipinski definition) is 1. The molecule has 1 aliphatic carbocycles. The van der Waals surface area contributed by atoms with Crippen molar-refractivity contribution in [3.8, 4) is 5.75 Å². The van der Waals surface area contributed by atoms with Crippen LogP contribution in [0.2, 0.25) is 0 Å². The summed E-state index contributed by atoms with van der Waals surface area (Å²) in [5.74, 6) is 1.09. The first-order valence-electron chi connectivity index (χ1n) is 7.78. The van der Waals surface area contributed by atoms with E-state index in [9.17, 15) is 4.79 Å². The molecule has 2 rings (SSSR count). The fourth-order valence-corrected chi connectivity index (χ4v) is 2.37. The van der Waals surface area contributed by atoms with E-state index in [-0.39, 0.29) is 5.91 Å². The van der Waals surface area contributed by atoms with Gasteiger partial charge in [-0.3, -0.25) is 4.79 Å². The van der Waals surface area contributed by atoms with Crippen LogP contribution in [0.1, 0.15) is 40.0 Å². The van der Waals surface area contributed by atoms with E-state index in [4.69, 9.17) is 9.47 Å². The highest BCUT2D eigenvalue weighted by molar-refractivity contribution is 5.97. The minimum Gasteiger partial charge on any atom is -0.494 e. The molecule has 1 fully saturated rings. The molecule has 1 aromatic carbocycles. The minimum atomic E-state index is -0.714. The summed E-state index contributed by atoms with van der Waals surface area (Å²) in [5.41, 5.74) is 0.0599. The second kappa shape index (κ2) is 6.94. The van der Waals surface area contributed by atoms with E-state index in [1.54, 1.807) is 0 Å². The summed E-state index contributed by atoms with van der Waals surface area (Å²) >= 11 is 0. The minimum absolute atomic E-state index is 0.0531. The van der Waals surface area contributed by atoms with Gasteiger partial charge in [0.25, 0.3) is 5.91 Å². The van der Waals surface area contributed by atoms with Crippen molar-refractivity contribution in [3.63, 3.8) is 0 Å². The van der Waals surface area contributed by atoms with Crippen molar-refractivity contribution in [2.24, 2.45) is 5.92 Å². The van der Waals surface area contributed by atoms with Crippen molar-refractivity contribution in [1.82, 2.24) is 0 Å². The van der Waals surface area contributed by atoms with E-state index in [1.165, 1.54) is 0 Å². The second-order valence-electron chi connectivity index (χ2n) is 5.64. The van der Waals surface area contributed by atoms with Gasteiger partial charge in [0, 0.05) is 12.3 Å². The van der Waals surface area contributed by atoms with Crippen LogP contribution in [0, 0.1) is 5.92 Å². The topological polar surface area (TPSA) is 47.6 Å². The first kappa shape index (κ1) is 15.8. The molecule has 1 saturated carbocycles. The predicted molar refractivity (Wildman–Crippen MR) is 83.6 cm³/mol. The Bertz CT molecular complexity index is 467. The molecule has 1 N–H and O–H groups in total. The molecular formula is C17H25NO3. The maximum atomic E-state index is 12.6. The third kappa shape index (κ3) is 3.97. The zero-order valence-electron chi connectivity index (χ0n) is 13.1. The van der Waals surface area contributed by atoms with Gasteiger partial charge in [0.05, 0.1) is 6.61 Å². The molecule has 0 aliphatic heterocycles. The number of nitrogens with one attached hydrogen (secondary N) is 1. The van der Waals surface area contributed by atoms with Crippen molar-refractivity contribution >= 4 is 11.6 Å². The number of benzene rings is 1. The number of amides is 1. The quantitative estimate of drug-likeness (QED) is 0.795. The highest BCUT2D eigenvalue weighted by Gasteiger charge is 2.48. The Morgan fingerprint density at radius 1 is 1.29 bits per heavy atom. The fourth-order valence-electron chi connectivity index (χ4n) is 2.37. The summed E-state index contributed by atoms with van der Waals surface area (Å²) < 4.78 is 11.3. The largest absolute Gasteiger partial charge is 0.494 e. The molecule has 0 bridgehead atoms. The lowest BCUT2D eigenvalue weighted by atomic mass is 9.98. The van der Waals surface area contributed by atoms with Crippen LogP contribution in [0.5, 0.6) is 5.75 Å². The smallest absolute Gasteiger partial charge is 0.256 e. The lowest BCUT2D eigenvalue weighted by molar-refractivity contribution is -0.142. The number of carbonyl (C=O) groups excluding carboxylic acids is 1. The zero-order valence-corrected chi connectivity index (χ0v) is 13.1. The number of carbonyl (C=O) groups is 1. The average Bonchev–Trinajstić information content (AvgIpc) is 3.32. The summed E-state index contributed by atoms with van der Waals surface area (Å²) in [6, 6.07) is 7.44. The van der Waals surface area contributed by atoms with Crippen molar-refractivity contribution in [3.05, 3.63) is 24.3 Å². The van der Waals surface area contributed by atoms with Gasteiger partial charge < -0.3 is 14.8 Å². The van der Waals surface area contributed by atoms with Crippen molar-refractivity contribution in [2.75, 3.05) is 18.5 Å². The molecule has 0 spiro atoms. The first-order valence-corrected chi connectivity index (χ1v) is 7.78. The summed E-state index contributed by atoms with van der Waals surface area (Å²) in [6.45, 7) is 7.16. The lowest BCUT2D eigenvalue weighted by Crippen LogP contribution is -2.45. The van der Waals surface area contributed by atoms with Gasteiger partial charge in [-0.25, -0.2) is 0 Å². The van der Waals surface area contributed by atoms with Crippen molar-refractivity contribution in [2.45, 2.75) is 45.6 Å². The van der Waals surface area contributed by atoms with Gasteiger partial charge in [-0.1, -0.05) is 6.92 Å². The molecule has 21 heavy (non-hydrogen) atoms. The molecule has 0 heterocycles. The normalized spacial score (nSPS) is 17.1. The third-order valence-corrected chi connectivity index (χ3v) is 3.84. The van der Waals surface area contributed by atoms with Gasteiger partial charge in [0.1, 0.15) is 11.4 Å². The van der Waals surface area contributed by atoms with Gasteiger partial charge in [0.2, 0.25) is 0 Å². The third-order valence-electron chi connectivity index (χ3n) is 3.84. The number of anilines is 1. The predicted octanol–water partition coefficient (Wildman–Crippen LogP) is 3.62. The molecule has 116 valence electrons. The van der Waals surface area contributed by atoms with E-state index >= 15 is 0 Å². The van der Waals surface area contributed by atoms with Crippen LogP contribution >= 0.6 is 0 Å². The lowest BCUT2D eigenvalue weighted by Gasteiger charge is -2.28. The van der Waals surface area contributed by atoms with E-state index in [2.05, 4.69) is 12.2 Å². The first-order chi connectivity index (χ1) is 10.1. The van der Waals surface area contributed by atoms with Crippen LogP contribution in [0.15, 0.2) is 24.3 Å². The summed E-state index contributed by atoms with van der Waals surface area (Å²) in [5, 5.41) is 2.96. The van der Waals surface area contributed by atoms with Crippen molar-refractivity contribution in [1.29, 1.82) is 0 Å². The second-order valence-corrected chi connectivity index (χ2v) is 5.64. The van der Waals surface area contributed by atoms with Crippen LogP contribution < -0.4 is 10.1 Å². The zero-order chi connectivity index (χ0) is 15.3. The Morgan fingerprint density at radius 3 is 2.48 bits per heavy atom. The SMILES string of the molecule is CCCO[C@](C)(C(=O)Nc1ccc(OCC)cc1)C1CC1. The number of rotatable bonds is 8.